The third-order valence-corrected chi connectivity index (χ3v) is 13.5. The van der Waals surface area contributed by atoms with E-state index in [1.165, 1.54) is 0 Å². The molecule has 2 unspecified atom stereocenters. The number of Topliss-reactive ketones (excluding diaryl/α,β-unsaturated/α-hetero) is 1. The van der Waals surface area contributed by atoms with Crippen LogP contribution in [0.25, 0.3) is 0 Å². The number of carbonyl (C=O) groups is 1. The van der Waals surface area contributed by atoms with Gasteiger partial charge in [-0.05, 0) is 68.2 Å². The summed E-state index contributed by atoms with van der Waals surface area (Å²) in [7, 11) is -6.83. The van der Waals surface area contributed by atoms with Gasteiger partial charge in [0.25, 0.3) is 0 Å². The van der Waals surface area contributed by atoms with Crippen molar-refractivity contribution in [3.8, 4) is 0 Å². The largest absolute Gasteiger partial charge is 0.514 e. The standard InChI is InChI=1S/C23H50O7Si2/c1-11-19-22(9,31(25-13-3,26-14-4)27-15-5)21(24)23(10,20-12-2)32(28-16-6,29-17-7)30-18-8/h11-20H2,1-10H3. The molecule has 0 saturated heterocycles. The quantitative estimate of drug-likeness (QED) is 0.199. The molecule has 0 rings (SSSR count). The molecule has 0 aliphatic rings. The van der Waals surface area contributed by atoms with E-state index in [1.54, 1.807) is 0 Å². The van der Waals surface area contributed by atoms with E-state index in [1.807, 2.05) is 55.4 Å². The van der Waals surface area contributed by atoms with E-state index in [9.17, 15) is 4.79 Å². The van der Waals surface area contributed by atoms with Gasteiger partial charge in [0.2, 0.25) is 0 Å². The number of hydrogen-bond acceptors (Lipinski definition) is 7. The molecule has 7 nitrogen and oxygen atoms in total. The molecule has 9 heteroatoms. The van der Waals surface area contributed by atoms with Gasteiger partial charge in [-0.25, -0.2) is 0 Å². The first kappa shape index (κ1) is 31.9. The Kier molecular flexibility index (Phi) is 14.9. The highest BCUT2D eigenvalue weighted by atomic mass is 28.4. The van der Waals surface area contributed by atoms with Crippen molar-refractivity contribution in [3.63, 3.8) is 0 Å². The zero-order valence-electron chi connectivity index (χ0n) is 22.4. The SMILES string of the molecule is CCCC(C)(C(=O)C(C)(CCC)[Si](OCC)(OCC)OCC)[Si](OCC)(OCC)OCC. The lowest BCUT2D eigenvalue weighted by Gasteiger charge is -2.49. The van der Waals surface area contributed by atoms with Crippen molar-refractivity contribution < 1.29 is 31.4 Å². The van der Waals surface area contributed by atoms with Gasteiger partial charge in [-0.3, -0.25) is 4.79 Å². The minimum absolute atomic E-state index is 0.0118. The Hall–Kier alpha value is -0.136. The maximum Gasteiger partial charge on any atom is 0.514 e. The summed E-state index contributed by atoms with van der Waals surface area (Å²) in [5.41, 5.74) is 0. The van der Waals surface area contributed by atoms with Gasteiger partial charge >= 0.3 is 17.6 Å². The van der Waals surface area contributed by atoms with E-state index >= 15 is 0 Å². The highest BCUT2D eigenvalue weighted by molar-refractivity contribution is 6.74. The molecular weight excluding hydrogens is 444 g/mol. The van der Waals surface area contributed by atoms with Gasteiger partial charge in [-0.1, -0.05) is 26.7 Å². The lowest BCUT2D eigenvalue weighted by molar-refractivity contribution is -0.130. The first-order valence-corrected chi connectivity index (χ1v) is 16.0. The van der Waals surface area contributed by atoms with E-state index < -0.39 is 27.7 Å². The zero-order chi connectivity index (χ0) is 24.9. The normalized spacial score (nSPS) is 16.6. The van der Waals surface area contributed by atoms with Crippen molar-refractivity contribution in [2.24, 2.45) is 0 Å². The van der Waals surface area contributed by atoms with Gasteiger partial charge in [0.1, 0.15) is 0 Å². The van der Waals surface area contributed by atoms with Gasteiger partial charge in [-0.2, -0.15) is 0 Å². The predicted molar refractivity (Wildman–Crippen MR) is 133 cm³/mol. The van der Waals surface area contributed by atoms with Crippen molar-refractivity contribution in [2.45, 2.75) is 105 Å². The number of rotatable bonds is 20. The second-order valence-electron chi connectivity index (χ2n) is 8.20. The van der Waals surface area contributed by atoms with Crippen LogP contribution in [0.4, 0.5) is 0 Å². The minimum Gasteiger partial charge on any atom is -0.373 e. The fraction of sp³-hybridized carbons (Fsp3) is 0.957. The molecule has 0 spiro atoms. The van der Waals surface area contributed by atoms with Gasteiger partial charge < -0.3 is 26.6 Å². The van der Waals surface area contributed by atoms with Crippen LogP contribution in [0.3, 0.4) is 0 Å². The van der Waals surface area contributed by atoms with Crippen molar-refractivity contribution in [2.75, 3.05) is 39.6 Å². The fourth-order valence-corrected chi connectivity index (χ4v) is 11.8. The molecule has 0 heterocycles. The number of hydrogen-bond donors (Lipinski definition) is 0. The molecule has 0 fully saturated rings. The molecule has 0 aromatic heterocycles. The first-order chi connectivity index (χ1) is 15.1. The lowest BCUT2D eigenvalue weighted by Crippen LogP contribution is -2.65. The van der Waals surface area contributed by atoms with E-state index in [0.717, 1.165) is 12.8 Å². The van der Waals surface area contributed by atoms with Crippen LogP contribution in [0.2, 0.25) is 10.1 Å². The van der Waals surface area contributed by atoms with Crippen LogP contribution < -0.4 is 0 Å². The van der Waals surface area contributed by atoms with Crippen LogP contribution in [0.1, 0.15) is 94.9 Å². The van der Waals surface area contributed by atoms with E-state index in [4.69, 9.17) is 26.6 Å². The molecule has 0 aromatic carbocycles. The molecule has 0 N–H and O–H groups in total. The minimum atomic E-state index is -3.41. The maximum atomic E-state index is 14.8. The van der Waals surface area contributed by atoms with Crippen molar-refractivity contribution in [1.82, 2.24) is 0 Å². The van der Waals surface area contributed by atoms with Crippen LogP contribution in [-0.2, 0) is 31.4 Å². The maximum absolute atomic E-state index is 14.8. The second-order valence-corrected chi connectivity index (χ2v) is 14.4. The summed E-state index contributed by atoms with van der Waals surface area (Å²) in [6.45, 7) is 22.0. The average Bonchev–Trinajstić information content (AvgIpc) is 2.74. The molecule has 32 heavy (non-hydrogen) atoms. The monoisotopic (exact) mass is 494 g/mol. The van der Waals surface area contributed by atoms with Crippen LogP contribution in [0, 0.1) is 0 Å². The Labute approximate surface area is 199 Å². The first-order valence-electron chi connectivity index (χ1n) is 12.5. The van der Waals surface area contributed by atoms with Crippen LogP contribution >= 0.6 is 0 Å². The Bertz CT molecular complexity index is 456. The number of ketones is 1. The van der Waals surface area contributed by atoms with E-state index in [2.05, 4.69) is 13.8 Å². The molecule has 0 aliphatic carbocycles. The van der Waals surface area contributed by atoms with Gasteiger partial charge in [-0.15, -0.1) is 0 Å². The molecule has 0 aliphatic heterocycles. The lowest BCUT2D eigenvalue weighted by atomic mass is 9.87. The molecular formula is C23H50O7Si2. The molecule has 192 valence electrons. The van der Waals surface area contributed by atoms with Crippen LogP contribution in [-0.4, -0.2) is 63.0 Å². The third kappa shape index (κ3) is 6.50. The summed E-state index contributed by atoms with van der Waals surface area (Å²) in [6.07, 6.45) is 2.76. The summed E-state index contributed by atoms with van der Waals surface area (Å²) >= 11 is 0. The smallest absolute Gasteiger partial charge is 0.373 e. The molecule has 2 atom stereocenters. The van der Waals surface area contributed by atoms with Crippen molar-refractivity contribution in [3.05, 3.63) is 0 Å². The summed E-state index contributed by atoms with van der Waals surface area (Å²) in [4.78, 5) is 14.8. The molecule has 0 amide bonds. The van der Waals surface area contributed by atoms with Crippen molar-refractivity contribution in [1.29, 1.82) is 0 Å². The summed E-state index contributed by atoms with van der Waals surface area (Å²) < 4.78 is 37.7. The molecule has 0 radical (unpaired) electrons. The summed E-state index contributed by atoms with van der Waals surface area (Å²) in [6, 6.07) is 0. The summed E-state index contributed by atoms with van der Waals surface area (Å²) in [5, 5.41) is -1.92. The van der Waals surface area contributed by atoms with Crippen LogP contribution in [0.5, 0.6) is 0 Å². The van der Waals surface area contributed by atoms with Gasteiger partial charge in [0.05, 0.1) is 10.1 Å². The highest BCUT2D eigenvalue weighted by Gasteiger charge is 2.71. The third-order valence-electron chi connectivity index (χ3n) is 5.86. The van der Waals surface area contributed by atoms with Gasteiger partial charge in [0.15, 0.2) is 5.78 Å². The Morgan fingerprint density at radius 2 is 0.750 bits per heavy atom. The fourth-order valence-electron chi connectivity index (χ4n) is 4.77. The van der Waals surface area contributed by atoms with Crippen molar-refractivity contribution >= 4 is 23.4 Å². The average molecular weight is 495 g/mol. The topological polar surface area (TPSA) is 72.5 Å². The molecule has 0 bridgehead atoms. The van der Waals surface area contributed by atoms with E-state index in [-0.39, 0.29) is 5.78 Å². The zero-order valence-corrected chi connectivity index (χ0v) is 24.4. The number of carbonyl (C=O) groups excluding carboxylic acids is 1. The second kappa shape index (κ2) is 15.0. The molecule has 0 saturated carbocycles. The Balaban J connectivity index is 7.04. The van der Waals surface area contributed by atoms with Crippen LogP contribution in [0.15, 0.2) is 0 Å². The molecule has 0 aromatic rings. The predicted octanol–water partition coefficient (Wildman–Crippen LogP) is 5.77. The van der Waals surface area contributed by atoms with Gasteiger partial charge in [0, 0.05) is 39.6 Å². The summed E-state index contributed by atoms with van der Waals surface area (Å²) in [5.74, 6) is 0.0118. The van der Waals surface area contributed by atoms with E-state index in [0.29, 0.717) is 52.5 Å². The Morgan fingerprint density at radius 3 is 0.906 bits per heavy atom. The Morgan fingerprint density at radius 1 is 0.531 bits per heavy atom. The highest BCUT2D eigenvalue weighted by Crippen LogP contribution is 2.57.